The fourth-order valence-corrected chi connectivity index (χ4v) is 2.65. The number of anilines is 3. The van der Waals surface area contributed by atoms with Gasteiger partial charge in [0.2, 0.25) is 0 Å². The van der Waals surface area contributed by atoms with Crippen LogP contribution in [0.15, 0.2) is 54.6 Å². The second-order valence-electron chi connectivity index (χ2n) is 5.92. The van der Waals surface area contributed by atoms with E-state index in [0.29, 0.717) is 0 Å². The molecule has 1 heterocycles. The molecule has 0 bridgehead atoms. The molecule has 0 aliphatic rings. The number of aromatic nitrogens is 2. The van der Waals surface area contributed by atoms with Gasteiger partial charge in [0.15, 0.2) is 0 Å². The Morgan fingerprint density at radius 2 is 1.46 bits per heavy atom. The molecule has 0 fully saturated rings. The summed E-state index contributed by atoms with van der Waals surface area (Å²) in [7, 11) is 0. The molecule has 3 aromatic rings. The Kier molecular flexibility index (Phi) is 4.75. The number of nitrogens with zero attached hydrogens (tertiary/aromatic N) is 2. The van der Waals surface area contributed by atoms with Crippen LogP contribution in [0.3, 0.4) is 0 Å². The topological polar surface area (TPSA) is 49.8 Å². The maximum Gasteiger partial charge on any atom is 0.136 e. The zero-order valence-corrected chi connectivity index (χ0v) is 14.3. The summed E-state index contributed by atoms with van der Waals surface area (Å²) >= 11 is 0. The summed E-state index contributed by atoms with van der Waals surface area (Å²) in [6.45, 7) is 6.83. The smallest absolute Gasteiger partial charge is 0.136 e. The van der Waals surface area contributed by atoms with Gasteiger partial charge in [-0.3, -0.25) is 0 Å². The molecule has 0 atom stereocenters. The minimum atomic E-state index is 0.736. The largest absolute Gasteiger partial charge is 0.366 e. The summed E-state index contributed by atoms with van der Waals surface area (Å²) in [5, 5.41) is 6.79. The third-order valence-electron chi connectivity index (χ3n) is 3.89. The number of hydrogen-bond acceptors (Lipinski definition) is 4. The van der Waals surface area contributed by atoms with Gasteiger partial charge in [-0.05, 0) is 37.5 Å². The Bertz CT molecular complexity index is 808. The summed E-state index contributed by atoms with van der Waals surface area (Å²) in [6, 6.07) is 18.5. The Hall–Kier alpha value is -2.88. The lowest BCUT2D eigenvalue weighted by Crippen LogP contribution is -2.06. The zero-order valence-electron chi connectivity index (χ0n) is 14.3. The van der Waals surface area contributed by atoms with Crippen molar-refractivity contribution in [1.82, 2.24) is 9.97 Å². The summed E-state index contributed by atoms with van der Waals surface area (Å²) < 4.78 is 0. The predicted molar refractivity (Wildman–Crippen MR) is 99.7 cm³/mol. The number of nitrogens with one attached hydrogen (secondary N) is 2. The van der Waals surface area contributed by atoms with Crippen LogP contribution in [-0.4, -0.2) is 9.97 Å². The SMILES string of the molecule is Cc1nc(NCc2ccccc2)cc(Nc2c(C)cccc2C)n1. The number of benzene rings is 2. The van der Waals surface area contributed by atoms with Crippen molar-refractivity contribution in [3.8, 4) is 0 Å². The van der Waals surface area contributed by atoms with E-state index in [0.717, 1.165) is 29.7 Å². The summed E-state index contributed by atoms with van der Waals surface area (Å²) in [5.74, 6) is 2.36. The van der Waals surface area contributed by atoms with Crippen molar-refractivity contribution in [3.63, 3.8) is 0 Å². The lowest BCUT2D eigenvalue weighted by atomic mass is 10.1. The van der Waals surface area contributed by atoms with Gasteiger partial charge in [0, 0.05) is 18.3 Å². The van der Waals surface area contributed by atoms with Crippen LogP contribution in [0.1, 0.15) is 22.5 Å². The highest BCUT2D eigenvalue weighted by atomic mass is 15.1. The third kappa shape index (κ3) is 3.90. The number of para-hydroxylation sites is 1. The first-order chi connectivity index (χ1) is 11.6. The van der Waals surface area contributed by atoms with Crippen molar-refractivity contribution in [2.75, 3.05) is 10.6 Å². The van der Waals surface area contributed by atoms with Crippen molar-refractivity contribution < 1.29 is 0 Å². The second kappa shape index (κ2) is 7.13. The van der Waals surface area contributed by atoms with Crippen molar-refractivity contribution >= 4 is 17.3 Å². The van der Waals surface area contributed by atoms with Crippen LogP contribution in [0.5, 0.6) is 0 Å². The van der Waals surface area contributed by atoms with E-state index in [1.807, 2.05) is 31.2 Å². The van der Waals surface area contributed by atoms with E-state index in [9.17, 15) is 0 Å². The van der Waals surface area contributed by atoms with Crippen molar-refractivity contribution in [3.05, 3.63) is 77.1 Å². The van der Waals surface area contributed by atoms with E-state index >= 15 is 0 Å². The molecular weight excluding hydrogens is 296 g/mol. The second-order valence-corrected chi connectivity index (χ2v) is 5.92. The normalized spacial score (nSPS) is 10.5. The summed E-state index contributed by atoms with van der Waals surface area (Å²) in [4.78, 5) is 8.98. The molecule has 122 valence electrons. The van der Waals surface area contributed by atoms with Gasteiger partial charge in [-0.15, -0.1) is 0 Å². The molecule has 0 aliphatic heterocycles. The minimum absolute atomic E-state index is 0.736. The van der Waals surface area contributed by atoms with E-state index in [2.05, 4.69) is 64.8 Å². The molecule has 0 radical (unpaired) electrons. The van der Waals surface area contributed by atoms with E-state index in [4.69, 9.17) is 0 Å². The van der Waals surface area contributed by atoms with Crippen molar-refractivity contribution in [2.45, 2.75) is 27.3 Å². The Morgan fingerprint density at radius 1 is 0.792 bits per heavy atom. The highest BCUT2D eigenvalue weighted by Gasteiger charge is 2.06. The lowest BCUT2D eigenvalue weighted by Gasteiger charge is -2.14. The molecule has 0 amide bonds. The average molecular weight is 318 g/mol. The van der Waals surface area contributed by atoms with Crippen molar-refractivity contribution in [2.24, 2.45) is 0 Å². The van der Waals surface area contributed by atoms with Gasteiger partial charge >= 0.3 is 0 Å². The lowest BCUT2D eigenvalue weighted by molar-refractivity contribution is 1.02. The fraction of sp³-hybridized carbons (Fsp3) is 0.200. The molecule has 0 saturated heterocycles. The summed E-state index contributed by atoms with van der Waals surface area (Å²) in [5.41, 5.74) is 4.72. The van der Waals surface area contributed by atoms with Crippen LogP contribution in [0, 0.1) is 20.8 Å². The summed E-state index contributed by atoms with van der Waals surface area (Å²) in [6.07, 6.45) is 0. The maximum atomic E-state index is 4.50. The third-order valence-corrected chi connectivity index (χ3v) is 3.89. The van der Waals surface area contributed by atoms with Gasteiger partial charge in [-0.1, -0.05) is 48.5 Å². The average Bonchev–Trinajstić information content (AvgIpc) is 2.57. The molecule has 2 N–H and O–H groups in total. The molecule has 1 aromatic heterocycles. The molecule has 0 spiro atoms. The molecule has 4 heteroatoms. The van der Waals surface area contributed by atoms with Gasteiger partial charge in [0.05, 0.1) is 0 Å². The van der Waals surface area contributed by atoms with E-state index < -0.39 is 0 Å². The highest BCUT2D eigenvalue weighted by molar-refractivity contribution is 5.65. The van der Waals surface area contributed by atoms with Crippen LogP contribution in [0.25, 0.3) is 0 Å². The number of rotatable bonds is 5. The van der Waals surface area contributed by atoms with Gasteiger partial charge in [-0.25, -0.2) is 9.97 Å². The van der Waals surface area contributed by atoms with E-state index in [1.54, 1.807) is 0 Å². The standard InChI is InChI=1S/C20H22N4/c1-14-8-7-9-15(2)20(14)24-19-12-18(22-16(3)23-19)21-13-17-10-5-4-6-11-17/h4-12H,13H2,1-3H3,(H2,21,22,23,24). The van der Waals surface area contributed by atoms with Gasteiger partial charge in [0.25, 0.3) is 0 Å². The quantitative estimate of drug-likeness (QED) is 0.712. The molecule has 4 nitrogen and oxygen atoms in total. The zero-order chi connectivity index (χ0) is 16.9. The van der Waals surface area contributed by atoms with Crippen LogP contribution < -0.4 is 10.6 Å². The number of aryl methyl sites for hydroxylation is 3. The van der Waals surface area contributed by atoms with E-state index in [1.165, 1.54) is 16.7 Å². The van der Waals surface area contributed by atoms with Crippen molar-refractivity contribution in [1.29, 1.82) is 0 Å². The first-order valence-corrected chi connectivity index (χ1v) is 8.08. The minimum Gasteiger partial charge on any atom is -0.366 e. The van der Waals surface area contributed by atoms with Crippen LogP contribution in [0.4, 0.5) is 17.3 Å². The van der Waals surface area contributed by atoms with Crippen LogP contribution in [0.2, 0.25) is 0 Å². The Balaban J connectivity index is 1.79. The molecule has 0 unspecified atom stereocenters. The first-order valence-electron chi connectivity index (χ1n) is 8.08. The molecule has 0 aliphatic carbocycles. The fourth-order valence-electron chi connectivity index (χ4n) is 2.65. The van der Waals surface area contributed by atoms with Gasteiger partial charge < -0.3 is 10.6 Å². The predicted octanol–water partition coefficient (Wildman–Crippen LogP) is 4.76. The molecule has 24 heavy (non-hydrogen) atoms. The molecule has 3 rings (SSSR count). The van der Waals surface area contributed by atoms with Gasteiger partial charge in [-0.2, -0.15) is 0 Å². The molecule has 2 aromatic carbocycles. The van der Waals surface area contributed by atoms with Crippen LogP contribution >= 0.6 is 0 Å². The monoisotopic (exact) mass is 318 g/mol. The molecule has 0 saturated carbocycles. The maximum absolute atomic E-state index is 4.50. The Labute approximate surface area is 143 Å². The van der Waals surface area contributed by atoms with E-state index in [-0.39, 0.29) is 0 Å². The van der Waals surface area contributed by atoms with Gasteiger partial charge in [0.1, 0.15) is 17.5 Å². The first kappa shape index (κ1) is 16.0. The molecular formula is C20H22N4. The van der Waals surface area contributed by atoms with Crippen LogP contribution in [-0.2, 0) is 6.54 Å². The Morgan fingerprint density at radius 3 is 2.17 bits per heavy atom. The highest BCUT2D eigenvalue weighted by Crippen LogP contribution is 2.24. The number of hydrogen-bond donors (Lipinski definition) is 2.